The predicted molar refractivity (Wildman–Crippen MR) is 188 cm³/mol. The first kappa shape index (κ1) is 42.3. The van der Waals surface area contributed by atoms with Crippen LogP contribution in [-0.2, 0) is 19.1 Å². The number of allylic oxidation sites excluding steroid dienone is 8. The van der Waals surface area contributed by atoms with Crippen LogP contribution in [0, 0.1) is 0 Å². The van der Waals surface area contributed by atoms with E-state index in [2.05, 4.69) is 67.8 Å². The summed E-state index contributed by atoms with van der Waals surface area (Å²) in [5, 5.41) is 11.9. The maximum atomic E-state index is 12.6. The fraction of sp³-hybridized carbons (Fsp3) is 0.711. The molecule has 0 aliphatic heterocycles. The van der Waals surface area contributed by atoms with Gasteiger partial charge in [-0.15, -0.1) is 0 Å². The van der Waals surface area contributed by atoms with Crippen LogP contribution in [0.3, 0.4) is 0 Å². The molecule has 0 spiro atoms. The number of unbranched alkanes of at least 4 members (excludes halogenated alkanes) is 9. The van der Waals surface area contributed by atoms with E-state index >= 15 is 0 Å². The van der Waals surface area contributed by atoms with Crippen molar-refractivity contribution in [3.05, 3.63) is 48.6 Å². The number of hydrogen-bond acceptors (Lipinski definition) is 5. The molecule has 0 fully saturated rings. The average Bonchev–Trinajstić information content (AvgIpc) is 3.02. The number of ether oxygens (including phenoxy) is 1. The van der Waals surface area contributed by atoms with Gasteiger partial charge in [-0.1, -0.05) is 101 Å². The van der Waals surface area contributed by atoms with Gasteiger partial charge in [-0.05, 0) is 96.4 Å². The average molecular weight is 631 g/mol. The zero-order valence-electron chi connectivity index (χ0n) is 28.7. The maximum Gasteiger partial charge on any atom is 0.326 e. The summed E-state index contributed by atoms with van der Waals surface area (Å²) in [5.74, 6) is -1.35. The summed E-state index contributed by atoms with van der Waals surface area (Å²) in [5.41, 5.74) is 5.46. The van der Waals surface area contributed by atoms with Gasteiger partial charge in [-0.3, -0.25) is 9.59 Å². The third kappa shape index (κ3) is 29.8. The number of amides is 1. The first-order valence-corrected chi connectivity index (χ1v) is 18.0. The third-order valence-electron chi connectivity index (χ3n) is 7.66. The Kier molecular flexibility index (Phi) is 30.8. The maximum absolute atomic E-state index is 12.6. The molecule has 0 aromatic carbocycles. The largest absolute Gasteiger partial charge is 0.480 e. The number of carbonyl (C=O) groups excluding carboxylic acids is 2. The van der Waals surface area contributed by atoms with Crippen molar-refractivity contribution in [3.63, 3.8) is 0 Å². The molecule has 7 nitrogen and oxygen atoms in total. The molecule has 7 heteroatoms. The van der Waals surface area contributed by atoms with Crippen LogP contribution in [0.5, 0.6) is 0 Å². The van der Waals surface area contributed by atoms with Crippen LogP contribution in [0.2, 0.25) is 0 Å². The van der Waals surface area contributed by atoms with Crippen molar-refractivity contribution >= 4 is 17.8 Å². The zero-order valence-corrected chi connectivity index (χ0v) is 28.7. The number of carboxylic acid groups (broad SMARTS) is 1. The monoisotopic (exact) mass is 630 g/mol. The van der Waals surface area contributed by atoms with Crippen LogP contribution < -0.4 is 11.1 Å². The predicted octanol–water partition coefficient (Wildman–Crippen LogP) is 9.27. The molecular weight excluding hydrogens is 564 g/mol. The zero-order chi connectivity index (χ0) is 33.2. The van der Waals surface area contributed by atoms with E-state index in [0.29, 0.717) is 38.6 Å². The second kappa shape index (κ2) is 32.7. The highest BCUT2D eigenvalue weighted by Gasteiger charge is 2.19. The number of hydrogen-bond donors (Lipinski definition) is 3. The van der Waals surface area contributed by atoms with E-state index in [1.54, 1.807) is 0 Å². The molecule has 0 aliphatic rings. The van der Waals surface area contributed by atoms with Gasteiger partial charge in [-0.25, -0.2) is 4.79 Å². The lowest BCUT2D eigenvalue weighted by molar-refractivity contribution is -0.150. The van der Waals surface area contributed by atoms with Crippen molar-refractivity contribution < 1.29 is 24.2 Å². The molecule has 0 saturated carbocycles. The summed E-state index contributed by atoms with van der Waals surface area (Å²) in [6.45, 7) is 4.74. The van der Waals surface area contributed by atoms with E-state index in [1.165, 1.54) is 12.8 Å². The molecule has 0 rings (SSSR count). The summed E-state index contributed by atoms with van der Waals surface area (Å²) in [7, 11) is 0. The van der Waals surface area contributed by atoms with Gasteiger partial charge in [0.15, 0.2) is 0 Å². The van der Waals surface area contributed by atoms with Crippen LogP contribution >= 0.6 is 0 Å². The van der Waals surface area contributed by atoms with E-state index in [0.717, 1.165) is 96.3 Å². The highest BCUT2D eigenvalue weighted by molar-refractivity contribution is 5.83. The number of nitrogens with two attached hydrogens (primary N) is 1. The molecule has 2 atom stereocenters. The van der Waals surface area contributed by atoms with Gasteiger partial charge < -0.3 is 20.9 Å². The van der Waals surface area contributed by atoms with E-state index in [1.807, 2.05) is 0 Å². The van der Waals surface area contributed by atoms with Crippen molar-refractivity contribution in [3.8, 4) is 0 Å². The van der Waals surface area contributed by atoms with Crippen LogP contribution in [-0.4, -0.2) is 41.6 Å². The number of carboxylic acids is 1. The first-order chi connectivity index (χ1) is 21.9. The minimum absolute atomic E-state index is 0.0611. The number of carbonyl (C=O) groups is 3. The summed E-state index contributed by atoms with van der Waals surface area (Å²) < 4.78 is 5.89. The summed E-state index contributed by atoms with van der Waals surface area (Å²) in [6, 6.07) is -0.876. The fourth-order valence-electron chi connectivity index (χ4n) is 4.97. The number of rotatable bonds is 31. The molecule has 45 heavy (non-hydrogen) atoms. The molecule has 0 saturated heterocycles. The normalized spacial score (nSPS) is 13.3. The van der Waals surface area contributed by atoms with Crippen LogP contribution in [0.25, 0.3) is 0 Å². The van der Waals surface area contributed by atoms with Gasteiger partial charge in [0.2, 0.25) is 5.91 Å². The van der Waals surface area contributed by atoms with E-state index in [4.69, 9.17) is 10.5 Å². The highest BCUT2D eigenvalue weighted by Crippen LogP contribution is 2.17. The molecule has 4 N–H and O–H groups in total. The Morgan fingerprint density at radius 2 is 1.22 bits per heavy atom. The molecule has 0 aromatic heterocycles. The summed E-state index contributed by atoms with van der Waals surface area (Å²) in [4.78, 5) is 36.1. The third-order valence-corrected chi connectivity index (χ3v) is 7.66. The Bertz CT molecular complexity index is 849. The molecule has 2 unspecified atom stereocenters. The molecule has 0 aromatic rings. The Morgan fingerprint density at radius 1 is 0.667 bits per heavy atom. The van der Waals surface area contributed by atoms with Gasteiger partial charge in [0.1, 0.15) is 12.1 Å². The molecular formula is C38H66N2O5. The van der Waals surface area contributed by atoms with Crippen molar-refractivity contribution in [1.82, 2.24) is 5.32 Å². The second-order valence-electron chi connectivity index (χ2n) is 11.9. The number of aliphatic carboxylic acids is 1. The Balaban J connectivity index is 4.14. The van der Waals surface area contributed by atoms with E-state index < -0.39 is 12.0 Å². The van der Waals surface area contributed by atoms with Crippen molar-refractivity contribution in [2.75, 3.05) is 6.54 Å². The molecule has 0 aliphatic carbocycles. The molecule has 258 valence electrons. The van der Waals surface area contributed by atoms with E-state index in [-0.39, 0.29) is 18.0 Å². The number of nitrogens with one attached hydrogen (secondary N) is 1. The van der Waals surface area contributed by atoms with Crippen molar-refractivity contribution in [1.29, 1.82) is 0 Å². The van der Waals surface area contributed by atoms with Gasteiger partial charge in [-0.2, -0.15) is 0 Å². The highest BCUT2D eigenvalue weighted by atomic mass is 16.5. The Morgan fingerprint density at radius 3 is 1.82 bits per heavy atom. The van der Waals surface area contributed by atoms with Crippen molar-refractivity contribution in [2.24, 2.45) is 5.73 Å². The molecule has 0 heterocycles. The summed E-state index contributed by atoms with van der Waals surface area (Å²) in [6.07, 6.45) is 37.4. The number of esters is 1. The van der Waals surface area contributed by atoms with Gasteiger partial charge in [0, 0.05) is 12.8 Å². The topological polar surface area (TPSA) is 119 Å². The van der Waals surface area contributed by atoms with Crippen molar-refractivity contribution in [2.45, 2.75) is 167 Å². The second-order valence-corrected chi connectivity index (χ2v) is 11.9. The lowest BCUT2D eigenvalue weighted by Gasteiger charge is -2.18. The smallest absolute Gasteiger partial charge is 0.326 e. The van der Waals surface area contributed by atoms with E-state index in [9.17, 15) is 19.5 Å². The van der Waals surface area contributed by atoms with Crippen LogP contribution in [0.15, 0.2) is 48.6 Å². The van der Waals surface area contributed by atoms with Gasteiger partial charge >= 0.3 is 11.9 Å². The molecule has 0 bridgehead atoms. The van der Waals surface area contributed by atoms with Gasteiger partial charge in [0.25, 0.3) is 0 Å². The summed E-state index contributed by atoms with van der Waals surface area (Å²) >= 11 is 0. The standard InChI is InChI=1S/C38H66N2O5/c1-3-5-7-9-10-11-12-13-14-15-16-17-18-19-20-21-26-32-37(42)45-34(28-23-8-6-4-2)29-24-22-25-31-36(41)40-35(38(43)44)30-27-33-39/h5,7,10-11,13-14,16-17,34-35H,3-4,6,8-9,12,15,18-33,39H2,1-2H3,(H,40,41)(H,43,44)/b7-5-,11-10-,14-13-,17-16-. The first-order valence-electron chi connectivity index (χ1n) is 18.0. The Labute approximate surface area is 275 Å². The van der Waals surface area contributed by atoms with Crippen LogP contribution in [0.1, 0.15) is 155 Å². The fourth-order valence-corrected chi connectivity index (χ4v) is 4.97. The van der Waals surface area contributed by atoms with Crippen LogP contribution in [0.4, 0.5) is 0 Å². The Hall–Kier alpha value is -2.67. The molecule has 1 amide bonds. The minimum atomic E-state index is -1.02. The lowest BCUT2D eigenvalue weighted by Crippen LogP contribution is -2.40. The SMILES string of the molecule is CC/C=C\C/C=C\C/C=C\C/C=C\CCCCCCC(=O)OC(CCCCCC)CCCCCC(=O)NC(CCCN)C(=O)O. The molecule has 0 radical (unpaired) electrons. The quantitative estimate of drug-likeness (QED) is 0.0399. The minimum Gasteiger partial charge on any atom is -0.480 e. The van der Waals surface area contributed by atoms with Gasteiger partial charge in [0.05, 0.1) is 0 Å². The lowest BCUT2D eigenvalue weighted by atomic mass is 10.0.